The van der Waals surface area contributed by atoms with Crippen molar-refractivity contribution < 1.29 is 18.8 Å². The number of benzene rings is 1. The first-order valence-corrected chi connectivity index (χ1v) is 9.77. The number of aryl methyl sites for hydroxylation is 2. The summed E-state index contributed by atoms with van der Waals surface area (Å²) in [7, 11) is 0. The molecule has 3 heterocycles. The first kappa shape index (κ1) is 18.7. The van der Waals surface area contributed by atoms with Crippen LogP contribution in [-0.4, -0.2) is 53.7 Å². The van der Waals surface area contributed by atoms with Crippen molar-refractivity contribution in [1.82, 2.24) is 10.1 Å². The molecule has 4 rings (SSSR count). The largest absolute Gasteiger partial charge is 0.363 e. The Labute approximate surface area is 164 Å². The average molecular weight is 383 g/mol. The molecule has 0 N–H and O–H groups in total. The smallest absolute Gasteiger partial charge is 0.259 e. The van der Waals surface area contributed by atoms with E-state index in [1.165, 1.54) is 0 Å². The molecule has 2 aromatic rings. The number of carbonyl (C=O) groups is 2. The van der Waals surface area contributed by atoms with Gasteiger partial charge in [0, 0.05) is 18.8 Å². The summed E-state index contributed by atoms with van der Waals surface area (Å²) in [5, 5.41) is 3.99. The van der Waals surface area contributed by atoms with Gasteiger partial charge >= 0.3 is 0 Å². The molecule has 7 heteroatoms. The van der Waals surface area contributed by atoms with Gasteiger partial charge in [-0.2, -0.15) is 0 Å². The second-order valence-electron chi connectivity index (χ2n) is 7.49. The third kappa shape index (κ3) is 3.30. The van der Waals surface area contributed by atoms with Crippen LogP contribution in [0.1, 0.15) is 41.6 Å². The van der Waals surface area contributed by atoms with E-state index < -0.39 is 5.60 Å². The molecule has 2 saturated heterocycles. The van der Waals surface area contributed by atoms with Crippen molar-refractivity contribution in [3.8, 4) is 0 Å². The number of amides is 2. The Balaban J connectivity index is 1.46. The van der Waals surface area contributed by atoms with E-state index in [9.17, 15) is 9.59 Å². The second-order valence-corrected chi connectivity index (χ2v) is 7.49. The Morgan fingerprint density at radius 3 is 2.61 bits per heavy atom. The monoisotopic (exact) mass is 383 g/mol. The molecule has 0 saturated carbocycles. The van der Waals surface area contributed by atoms with Gasteiger partial charge in [-0.05, 0) is 38.3 Å². The van der Waals surface area contributed by atoms with E-state index in [4.69, 9.17) is 9.26 Å². The van der Waals surface area contributed by atoms with E-state index in [0.717, 1.165) is 5.69 Å². The minimum Gasteiger partial charge on any atom is -0.363 e. The highest BCUT2D eigenvalue weighted by Crippen LogP contribution is 2.33. The van der Waals surface area contributed by atoms with E-state index in [1.54, 1.807) is 11.8 Å². The minimum absolute atomic E-state index is 0.0250. The number of hydrogen-bond donors (Lipinski definition) is 0. The van der Waals surface area contributed by atoms with Crippen LogP contribution >= 0.6 is 0 Å². The van der Waals surface area contributed by atoms with E-state index in [-0.39, 0.29) is 18.4 Å². The van der Waals surface area contributed by atoms with Gasteiger partial charge in [-0.1, -0.05) is 30.3 Å². The number of para-hydroxylation sites is 1. The molecule has 0 atom stereocenters. The molecule has 0 radical (unpaired) electrons. The van der Waals surface area contributed by atoms with Crippen molar-refractivity contribution >= 4 is 17.5 Å². The van der Waals surface area contributed by atoms with Crippen molar-refractivity contribution in [2.45, 2.75) is 38.7 Å². The van der Waals surface area contributed by atoms with Crippen molar-refractivity contribution in [3.63, 3.8) is 0 Å². The molecule has 1 aromatic heterocycles. The number of aromatic nitrogens is 1. The molecule has 2 aliphatic rings. The second kappa shape index (κ2) is 7.39. The molecule has 1 aromatic carbocycles. The van der Waals surface area contributed by atoms with Gasteiger partial charge in [0.2, 0.25) is 0 Å². The SMILES string of the molecule is CCc1noc(C)c1C(=O)N1CCC2(CC1)CN(c1ccccc1)C(=O)CO2. The summed E-state index contributed by atoms with van der Waals surface area (Å²) >= 11 is 0. The lowest BCUT2D eigenvalue weighted by molar-refractivity contribution is -0.143. The number of nitrogens with zero attached hydrogens (tertiary/aromatic N) is 3. The Hall–Kier alpha value is -2.67. The van der Waals surface area contributed by atoms with Crippen LogP contribution in [0.25, 0.3) is 0 Å². The number of morpholine rings is 1. The van der Waals surface area contributed by atoms with Crippen molar-refractivity contribution in [1.29, 1.82) is 0 Å². The topological polar surface area (TPSA) is 75.9 Å². The standard InChI is InChI=1S/C21H25N3O4/c1-3-17-19(15(2)28-22-17)20(26)23-11-9-21(10-12-23)14-24(18(25)13-27-21)16-7-5-4-6-8-16/h4-8H,3,9-14H2,1-2H3. The molecule has 28 heavy (non-hydrogen) atoms. The lowest BCUT2D eigenvalue weighted by Crippen LogP contribution is -2.59. The zero-order valence-electron chi connectivity index (χ0n) is 16.3. The normalized spacial score (nSPS) is 19.3. The molecular formula is C21H25N3O4. The zero-order chi connectivity index (χ0) is 19.7. The molecule has 2 aliphatic heterocycles. The lowest BCUT2D eigenvalue weighted by Gasteiger charge is -2.47. The number of likely N-dealkylation sites (tertiary alicyclic amines) is 1. The summed E-state index contributed by atoms with van der Waals surface area (Å²) in [6.45, 7) is 5.51. The summed E-state index contributed by atoms with van der Waals surface area (Å²) in [5.74, 6) is 0.511. The van der Waals surface area contributed by atoms with Crippen LogP contribution in [0.15, 0.2) is 34.9 Å². The number of carbonyl (C=O) groups excluding carboxylic acids is 2. The van der Waals surface area contributed by atoms with Crippen LogP contribution in [0.2, 0.25) is 0 Å². The summed E-state index contributed by atoms with van der Waals surface area (Å²) in [4.78, 5) is 29.0. The maximum absolute atomic E-state index is 13.0. The van der Waals surface area contributed by atoms with Crippen LogP contribution in [0.3, 0.4) is 0 Å². The third-order valence-electron chi connectivity index (χ3n) is 5.76. The van der Waals surface area contributed by atoms with Crippen LogP contribution in [-0.2, 0) is 16.0 Å². The molecule has 0 aliphatic carbocycles. The van der Waals surface area contributed by atoms with Crippen molar-refractivity contribution in [2.24, 2.45) is 0 Å². The molecule has 7 nitrogen and oxygen atoms in total. The van der Waals surface area contributed by atoms with E-state index in [1.807, 2.05) is 42.2 Å². The Bertz CT molecular complexity index is 869. The zero-order valence-corrected chi connectivity index (χ0v) is 16.3. The number of piperidine rings is 1. The number of hydrogen-bond acceptors (Lipinski definition) is 5. The first-order chi connectivity index (χ1) is 13.5. The van der Waals surface area contributed by atoms with Gasteiger partial charge in [-0.15, -0.1) is 0 Å². The van der Waals surface area contributed by atoms with E-state index in [2.05, 4.69) is 5.16 Å². The predicted octanol–water partition coefficient (Wildman–Crippen LogP) is 2.58. The maximum atomic E-state index is 13.0. The molecule has 1 spiro atoms. The van der Waals surface area contributed by atoms with Gasteiger partial charge in [-0.25, -0.2) is 0 Å². The predicted molar refractivity (Wildman–Crippen MR) is 103 cm³/mol. The Kier molecular flexibility index (Phi) is 4.93. The molecule has 2 fully saturated rings. The fourth-order valence-electron chi connectivity index (χ4n) is 4.07. The number of anilines is 1. The van der Waals surface area contributed by atoms with Gasteiger partial charge in [-0.3, -0.25) is 9.59 Å². The average Bonchev–Trinajstić information content (AvgIpc) is 3.11. The van der Waals surface area contributed by atoms with Crippen LogP contribution < -0.4 is 4.90 Å². The van der Waals surface area contributed by atoms with Gasteiger partial charge in [0.05, 0.1) is 17.8 Å². The van der Waals surface area contributed by atoms with Gasteiger partial charge < -0.3 is 19.1 Å². The van der Waals surface area contributed by atoms with Crippen LogP contribution in [0.4, 0.5) is 5.69 Å². The lowest BCUT2D eigenvalue weighted by atomic mass is 9.88. The molecular weight excluding hydrogens is 358 g/mol. The number of ether oxygens (including phenoxy) is 1. The van der Waals surface area contributed by atoms with Crippen LogP contribution in [0, 0.1) is 6.92 Å². The fraction of sp³-hybridized carbons (Fsp3) is 0.476. The summed E-state index contributed by atoms with van der Waals surface area (Å²) < 4.78 is 11.2. The highest BCUT2D eigenvalue weighted by Gasteiger charge is 2.43. The van der Waals surface area contributed by atoms with Crippen LogP contribution in [0.5, 0.6) is 0 Å². The van der Waals surface area contributed by atoms with E-state index in [0.29, 0.717) is 55.9 Å². The third-order valence-corrected chi connectivity index (χ3v) is 5.76. The quantitative estimate of drug-likeness (QED) is 0.814. The summed E-state index contributed by atoms with van der Waals surface area (Å²) in [6, 6.07) is 9.68. The van der Waals surface area contributed by atoms with Crippen molar-refractivity contribution in [3.05, 3.63) is 47.3 Å². The van der Waals surface area contributed by atoms with Gasteiger partial charge in [0.25, 0.3) is 11.8 Å². The van der Waals surface area contributed by atoms with E-state index >= 15 is 0 Å². The molecule has 0 bridgehead atoms. The minimum atomic E-state index is -0.405. The molecule has 148 valence electrons. The Morgan fingerprint density at radius 2 is 1.93 bits per heavy atom. The van der Waals surface area contributed by atoms with Crippen molar-refractivity contribution in [2.75, 3.05) is 31.1 Å². The number of rotatable bonds is 3. The molecule has 2 amide bonds. The summed E-state index contributed by atoms with van der Waals surface area (Å²) in [6.07, 6.45) is 2.05. The first-order valence-electron chi connectivity index (χ1n) is 9.77. The summed E-state index contributed by atoms with van der Waals surface area (Å²) in [5.41, 5.74) is 1.78. The Morgan fingerprint density at radius 1 is 1.21 bits per heavy atom. The van der Waals surface area contributed by atoms with Gasteiger partial charge in [0.1, 0.15) is 17.9 Å². The van der Waals surface area contributed by atoms with Gasteiger partial charge in [0.15, 0.2) is 0 Å². The fourth-order valence-corrected chi connectivity index (χ4v) is 4.07. The highest BCUT2D eigenvalue weighted by atomic mass is 16.5. The maximum Gasteiger partial charge on any atom is 0.259 e. The highest BCUT2D eigenvalue weighted by molar-refractivity contribution is 5.96. The molecule has 0 unspecified atom stereocenters.